The van der Waals surface area contributed by atoms with Crippen molar-refractivity contribution in [1.29, 1.82) is 0 Å². The Morgan fingerprint density at radius 1 is 0.919 bits per heavy atom. The fraction of sp³-hybridized carbons (Fsp3) is 0.276. The average Bonchev–Trinajstić information content (AvgIpc) is 3.77. The molecule has 0 bridgehead atoms. The summed E-state index contributed by atoms with van der Waals surface area (Å²) in [6.07, 6.45) is 2.49. The maximum Gasteiger partial charge on any atom is 0.265 e. The van der Waals surface area contributed by atoms with Crippen molar-refractivity contribution >= 4 is 29.1 Å². The number of nitrogens with one attached hydrogen (secondary N) is 4. The van der Waals surface area contributed by atoms with Crippen molar-refractivity contribution in [2.24, 2.45) is 5.92 Å². The first-order chi connectivity index (χ1) is 18.0. The molecule has 0 saturated heterocycles. The molecule has 3 aliphatic rings. The monoisotopic (exact) mass is 496 g/mol. The van der Waals surface area contributed by atoms with Crippen molar-refractivity contribution in [1.82, 2.24) is 10.6 Å². The number of carbonyl (C=O) groups excluding carboxylic acids is 3. The maximum atomic E-state index is 12.8. The lowest BCUT2D eigenvalue weighted by Gasteiger charge is -2.26. The summed E-state index contributed by atoms with van der Waals surface area (Å²) >= 11 is 0. The van der Waals surface area contributed by atoms with E-state index in [1.165, 1.54) is 11.1 Å². The van der Waals surface area contributed by atoms with Crippen molar-refractivity contribution < 1.29 is 19.1 Å². The van der Waals surface area contributed by atoms with Crippen LogP contribution >= 0.6 is 0 Å². The Hall–Kier alpha value is -4.17. The van der Waals surface area contributed by atoms with Crippen LogP contribution in [0.15, 0.2) is 60.7 Å². The quantitative estimate of drug-likeness (QED) is 0.417. The first-order valence-electron chi connectivity index (χ1n) is 12.7. The number of ether oxygens (including phenoxy) is 1. The fourth-order valence-electron chi connectivity index (χ4n) is 4.79. The number of hydrogen-bond donors (Lipinski definition) is 4. The highest BCUT2D eigenvalue weighted by atomic mass is 16.5. The minimum absolute atomic E-state index is 0.121. The summed E-state index contributed by atoms with van der Waals surface area (Å²) in [6, 6.07) is 18.2. The zero-order chi connectivity index (χ0) is 25.4. The molecule has 6 rings (SSSR count). The predicted molar refractivity (Wildman–Crippen MR) is 140 cm³/mol. The molecule has 1 unspecified atom stereocenters. The lowest BCUT2D eigenvalue weighted by Crippen LogP contribution is -2.38. The van der Waals surface area contributed by atoms with Gasteiger partial charge in [-0.2, -0.15) is 0 Å². The average molecular weight is 497 g/mol. The number of hydrogen-bond acceptors (Lipinski definition) is 5. The van der Waals surface area contributed by atoms with Gasteiger partial charge in [-0.3, -0.25) is 14.4 Å². The van der Waals surface area contributed by atoms with Gasteiger partial charge in [0.15, 0.2) is 6.10 Å². The summed E-state index contributed by atoms with van der Waals surface area (Å²) in [7, 11) is 0. The van der Waals surface area contributed by atoms with Crippen molar-refractivity contribution in [3.8, 4) is 5.75 Å². The van der Waals surface area contributed by atoms with Gasteiger partial charge in [0.25, 0.3) is 17.7 Å². The van der Waals surface area contributed by atoms with E-state index in [1.54, 1.807) is 30.3 Å². The molecule has 2 heterocycles. The molecule has 1 aliphatic carbocycles. The Bertz CT molecular complexity index is 1380. The third kappa shape index (κ3) is 5.06. The maximum absolute atomic E-state index is 12.8. The molecular weight excluding hydrogens is 468 g/mol. The van der Waals surface area contributed by atoms with Gasteiger partial charge in [0.1, 0.15) is 5.75 Å². The topological polar surface area (TPSA) is 109 Å². The molecule has 188 valence electrons. The van der Waals surface area contributed by atoms with Gasteiger partial charge in [-0.05, 0) is 85.0 Å². The second-order valence-corrected chi connectivity index (χ2v) is 9.82. The van der Waals surface area contributed by atoms with Crippen LogP contribution in [0, 0.1) is 5.92 Å². The van der Waals surface area contributed by atoms with E-state index >= 15 is 0 Å². The van der Waals surface area contributed by atoms with Crippen LogP contribution in [-0.4, -0.2) is 30.4 Å². The fourth-order valence-corrected chi connectivity index (χ4v) is 4.79. The van der Waals surface area contributed by atoms with Gasteiger partial charge in [0.2, 0.25) is 0 Å². The van der Waals surface area contributed by atoms with Crippen LogP contribution < -0.4 is 26.0 Å². The predicted octanol–water partition coefficient (Wildman–Crippen LogP) is 3.62. The minimum Gasteiger partial charge on any atom is -0.478 e. The van der Waals surface area contributed by atoms with Gasteiger partial charge in [-0.25, -0.2) is 0 Å². The highest BCUT2D eigenvalue weighted by Gasteiger charge is 2.41. The van der Waals surface area contributed by atoms with Gasteiger partial charge < -0.3 is 26.0 Å². The molecule has 0 aromatic heterocycles. The third-order valence-electron chi connectivity index (χ3n) is 7.08. The molecule has 3 amide bonds. The number of fused-ring (bicyclic) bond motifs is 2. The van der Waals surface area contributed by atoms with Crippen LogP contribution in [0.4, 0.5) is 11.4 Å². The second kappa shape index (κ2) is 9.71. The summed E-state index contributed by atoms with van der Waals surface area (Å²) in [5.41, 5.74) is 5.78. The first kappa shape index (κ1) is 23.2. The van der Waals surface area contributed by atoms with Gasteiger partial charge in [-0.15, -0.1) is 0 Å². The van der Waals surface area contributed by atoms with E-state index in [1.807, 2.05) is 24.3 Å². The van der Waals surface area contributed by atoms with Crippen LogP contribution in [0.3, 0.4) is 0 Å². The molecule has 8 nitrogen and oxygen atoms in total. The normalized spacial score (nSPS) is 18.1. The molecule has 37 heavy (non-hydrogen) atoms. The van der Waals surface area contributed by atoms with Crippen LogP contribution in [0.2, 0.25) is 0 Å². The summed E-state index contributed by atoms with van der Waals surface area (Å²) in [5, 5.41) is 12.1. The zero-order valence-electron chi connectivity index (χ0n) is 20.3. The molecule has 1 atom stereocenters. The van der Waals surface area contributed by atoms with Crippen molar-refractivity contribution in [3.63, 3.8) is 0 Å². The van der Waals surface area contributed by atoms with E-state index in [0.717, 1.165) is 43.6 Å². The number of carbonyl (C=O) groups is 3. The molecule has 3 aromatic rings. The molecule has 8 heteroatoms. The Morgan fingerprint density at radius 2 is 1.73 bits per heavy atom. The summed E-state index contributed by atoms with van der Waals surface area (Å²) in [5.74, 6) is 0.241. The van der Waals surface area contributed by atoms with Crippen molar-refractivity contribution in [2.75, 3.05) is 17.2 Å². The highest BCUT2D eigenvalue weighted by Crippen LogP contribution is 2.40. The van der Waals surface area contributed by atoms with Crippen molar-refractivity contribution in [3.05, 3.63) is 88.5 Å². The molecular formula is C29H28N4O4. The largest absolute Gasteiger partial charge is 0.478 e. The minimum atomic E-state index is -0.481. The molecule has 2 aliphatic heterocycles. The Kier molecular flexibility index (Phi) is 6.10. The number of anilines is 2. The first-order valence-corrected chi connectivity index (χ1v) is 12.7. The number of rotatable bonds is 6. The van der Waals surface area contributed by atoms with Crippen LogP contribution in [-0.2, 0) is 24.3 Å². The molecule has 1 saturated carbocycles. The van der Waals surface area contributed by atoms with Crippen LogP contribution in [0.25, 0.3) is 0 Å². The van der Waals surface area contributed by atoms with Gasteiger partial charge in [0, 0.05) is 35.8 Å². The van der Waals surface area contributed by atoms with E-state index in [2.05, 4.69) is 27.3 Å². The second-order valence-electron chi connectivity index (χ2n) is 9.82. The highest BCUT2D eigenvalue weighted by molar-refractivity contribution is 6.04. The molecule has 4 N–H and O–H groups in total. The van der Waals surface area contributed by atoms with Crippen LogP contribution in [0.5, 0.6) is 5.75 Å². The molecule has 0 spiro atoms. The smallest absolute Gasteiger partial charge is 0.265 e. The van der Waals surface area contributed by atoms with Crippen LogP contribution in [0.1, 0.15) is 50.2 Å². The SMILES string of the molecule is O=C(NCc1ccc(C(=O)Nc2ccc3c(c2)CNCC3)cc1)c1ccc2c(c1)OC(C1CC1)C(=O)N2. The molecule has 0 radical (unpaired) electrons. The zero-order valence-corrected chi connectivity index (χ0v) is 20.3. The van der Waals surface area contributed by atoms with E-state index in [0.29, 0.717) is 29.1 Å². The molecule has 1 fully saturated rings. The van der Waals surface area contributed by atoms with E-state index < -0.39 is 6.10 Å². The number of benzene rings is 3. The Morgan fingerprint density at radius 3 is 2.54 bits per heavy atom. The van der Waals surface area contributed by atoms with E-state index in [9.17, 15) is 14.4 Å². The van der Waals surface area contributed by atoms with E-state index in [4.69, 9.17) is 4.74 Å². The lowest BCUT2D eigenvalue weighted by atomic mass is 10.0. The Labute approximate surface area is 214 Å². The van der Waals surface area contributed by atoms with Gasteiger partial charge in [0.05, 0.1) is 5.69 Å². The third-order valence-corrected chi connectivity index (χ3v) is 7.08. The molecule has 3 aromatic carbocycles. The summed E-state index contributed by atoms with van der Waals surface area (Å²) in [6.45, 7) is 2.11. The van der Waals surface area contributed by atoms with Gasteiger partial charge in [-0.1, -0.05) is 18.2 Å². The standard InChI is InChI=1S/C29H28N4O4/c34-27(21-8-10-24-25(14-21)37-26(19-5-6-19)29(36)33-24)31-15-17-1-3-20(4-2-17)28(35)32-23-9-7-18-11-12-30-16-22(18)13-23/h1-4,7-10,13-14,19,26,30H,5-6,11-12,15-16H2,(H,31,34)(H,32,35)(H,33,36). The summed E-state index contributed by atoms with van der Waals surface area (Å²) in [4.78, 5) is 37.7. The van der Waals surface area contributed by atoms with Gasteiger partial charge >= 0.3 is 0 Å². The Balaban J connectivity index is 1.05. The summed E-state index contributed by atoms with van der Waals surface area (Å²) < 4.78 is 5.89. The number of amides is 3. The van der Waals surface area contributed by atoms with Crippen molar-refractivity contribution in [2.45, 2.75) is 38.5 Å². The van der Waals surface area contributed by atoms with E-state index in [-0.39, 0.29) is 23.6 Å². The lowest BCUT2D eigenvalue weighted by molar-refractivity contribution is -0.124.